The minimum atomic E-state index is -3.53. The molecule has 1 fully saturated rings. The van der Waals surface area contributed by atoms with E-state index < -0.39 is 17.4 Å². The molecule has 1 aliphatic rings. The highest BCUT2D eigenvalue weighted by Gasteiger charge is 2.41. The normalized spacial score (nSPS) is 14.3. The van der Waals surface area contributed by atoms with Crippen molar-refractivity contribution in [2.24, 2.45) is 13.0 Å². The van der Waals surface area contributed by atoms with Crippen molar-refractivity contribution >= 4 is 23.0 Å². The molecule has 0 atom stereocenters. The van der Waals surface area contributed by atoms with Crippen molar-refractivity contribution in [2.75, 3.05) is 5.32 Å². The summed E-state index contributed by atoms with van der Waals surface area (Å²) < 4.78 is 35.3. The van der Waals surface area contributed by atoms with Gasteiger partial charge >= 0.3 is 5.92 Å². The summed E-state index contributed by atoms with van der Waals surface area (Å²) in [6, 6.07) is 6.06. The van der Waals surface area contributed by atoms with Crippen LogP contribution in [0.1, 0.15) is 24.4 Å². The summed E-state index contributed by atoms with van der Waals surface area (Å²) in [5.74, 6) is -3.92. The van der Waals surface area contributed by atoms with Crippen molar-refractivity contribution < 1.29 is 18.3 Å². The number of hydrogen-bond acceptors (Lipinski definition) is 5. The zero-order valence-electron chi connectivity index (χ0n) is 17.4. The summed E-state index contributed by atoms with van der Waals surface area (Å²) >= 11 is 0. The van der Waals surface area contributed by atoms with Crippen molar-refractivity contribution in [3.63, 3.8) is 0 Å². The molecule has 0 unspecified atom stereocenters. The van der Waals surface area contributed by atoms with Crippen LogP contribution >= 0.6 is 0 Å². The molecular weight excluding hydrogens is 432 g/mol. The number of anilines is 1. The molecule has 0 aromatic carbocycles. The molecular formula is C21H18F2N9O+. The second-order valence-electron chi connectivity index (χ2n) is 8.12. The van der Waals surface area contributed by atoms with Gasteiger partial charge in [0.25, 0.3) is 0 Å². The number of fused-ring (bicyclic) bond motifs is 2. The highest BCUT2D eigenvalue weighted by molar-refractivity contribution is 5.93. The average Bonchev–Trinajstić information content (AvgIpc) is 3.22. The summed E-state index contributed by atoms with van der Waals surface area (Å²) in [5, 5.41) is 17.4. The number of nitrogens with zero attached hydrogens (tertiary/aromatic N) is 7. The molecule has 5 aromatic heterocycles. The Morgan fingerprint density at radius 3 is 2.73 bits per heavy atom. The smallest absolute Gasteiger partial charge is 0.309 e. The van der Waals surface area contributed by atoms with Gasteiger partial charge in [0, 0.05) is 17.7 Å². The van der Waals surface area contributed by atoms with Crippen LogP contribution in [0.25, 0.3) is 22.4 Å². The van der Waals surface area contributed by atoms with E-state index in [9.17, 15) is 4.79 Å². The van der Waals surface area contributed by atoms with E-state index in [4.69, 9.17) is 0 Å². The highest BCUT2D eigenvalue weighted by Crippen LogP contribution is 2.34. The molecule has 1 aliphatic carbocycles. The molecule has 6 rings (SSSR count). The standard InChI is InChI=1S/C21H17F2N9O/c1-30-9-14(8-24-30)13-4-6-18-27-28-20(31(18)10-13)21(22,23)15-5-7-17-25-16(11-32(17)29-15)26-19(33)12-2-3-12/h4-12H,2-3H2,1H3,(H,26,33)/p+1. The number of carbonyl (C=O) groups is 1. The fourth-order valence-corrected chi connectivity index (χ4v) is 3.69. The number of H-pyrrole nitrogens is 1. The van der Waals surface area contributed by atoms with E-state index in [1.165, 1.54) is 27.2 Å². The number of amides is 1. The van der Waals surface area contributed by atoms with E-state index >= 15 is 8.78 Å². The monoisotopic (exact) mass is 450 g/mol. The number of rotatable bonds is 5. The summed E-state index contributed by atoms with van der Waals surface area (Å²) in [7, 11) is 1.83. The van der Waals surface area contributed by atoms with Crippen LogP contribution in [-0.4, -0.2) is 40.2 Å². The second kappa shape index (κ2) is 6.89. The molecule has 33 heavy (non-hydrogen) atoms. The van der Waals surface area contributed by atoms with E-state index in [1.807, 2.05) is 13.2 Å². The summed E-state index contributed by atoms with van der Waals surface area (Å²) in [5.41, 5.74) is 1.68. The quantitative estimate of drug-likeness (QED) is 0.399. The van der Waals surface area contributed by atoms with Crippen molar-refractivity contribution in [1.29, 1.82) is 0 Å². The zero-order chi connectivity index (χ0) is 22.7. The van der Waals surface area contributed by atoms with Crippen LogP contribution in [0.15, 0.2) is 49.1 Å². The lowest BCUT2D eigenvalue weighted by Crippen LogP contribution is -2.27. The molecule has 0 radical (unpaired) electrons. The first-order chi connectivity index (χ1) is 15.9. The van der Waals surface area contributed by atoms with Gasteiger partial charge in [-0.2, -0.15) is 19.0 Å². The fraction of sp³-hybridized carbons (Fsp3) is 0.238. The van der Waals surface area contributed by atoms with E-state index in [2.05, 4.69) is 30.7 Å². The van der Waals surface area contributed by atoms with Gasteiger partial charge in [-0.25, -0.2) is 9.50 Å². The van der Waals surface area contributed by atoms with Gasteiger partial charge in [0.05, 0.1) is 18.0 Å². The van der Waals surface area contributed by atoms with Crippen molar-refractivity contribution in [3.05, 3.63) is 60.6 Å². The molecule has 2 N–H and O–H groups in total. The van der Waals surface area contributed by atoms with Crippen LogP contribution < -0.4 is 10.00 Å². The Balaban J connectivity index is 1.38. The number of nitrogens with one attached hydrogen (secondary N) is 2. The molecule has 166 valence electrons. The number of hydrogen-bond donors (Lipinski definition) is 2. The van der Waals surface area contributed by atoms with Gasteiger partial charge in [-0.15, -0.1) is 14.9 Å². The van der Waals surface area contributed by atoms with Crippen LogP contribution in [0.2, 0.25) is 0 Å². The van der Waals surface area contributed by atoms with Crippen molar-refractivity contribution in [2.45, 2.75) is 18.8 Å². The van der Waals surface area contributed by atoms with Gasteiger partial charge in [-0.3, -0.25) is 9.20 Å². The van der Waals surface area contributed by atoms with Crippen LogP contribution in [0.4, 0.5) is 14.6 Å². The first-order valence-corrected chi connectivity index (χ1v) is 10.3. The average molecular weight is 450 g/mol. The molecule has 1 amide bonds. The number of carbonyl (C=O) groups excluding carboxylic acids is 1. The van der Waals surface area contributed by atoms with Crippen LogP contribution in [-0.2, 0) is 17.8 Å². The predicted molar refractivity (Wildman–Crippen MR) is 111 cm³/mol. The first kappa shape index (κ1) is 19.5. The fourth-order valence-electron chi connectivity index (χ4n) is 3.69. The van der Waals surface area contributed by atoms with Gasteiger partial charge in [-0.1, -0.05) is 0 Å². The lowest BCUT2D eigenvalue weighted by Gasteiger charge is -2.14. The van der Waals surface area contributed by atoms with Crippen LogP contribution in [0, 0.1) is 5.92 Å². The van der Waals surface area contributed by atoms with Crippen molar-refractivity contribution in [1.82, 2.24) is 34.3 Å². The number of pyridine rings is 1. The predicted octanol–water partition coefficient (Wildman–Crippen LogP) is 2.08. The molecule has 10 nitrogen and oxygen atoms in total. The summed E-state index contributed by atoms with van der Waals surface area (Å²) in [4.78, 5) is 16.2. The number of aromatic nitrogens is 8. The Labute approximate surface area is 184 Å². The third-order valence-corrected chi connectivity index (χ3v) is 5.61. The maximum Gasteiger partial charge on any atom is 0.350 e. The molecule has 5 aromatic rings. The van der Waals surface area contributed by atoms with E-state index in [0.717, 1.165) is 24.0 Å². The Morgan fingerprint density at radius 2 is 1.97 bits per heavy atom. The molecule has 0 spiro atoms. The Bertz CT molecular complexity index is 1530. The van der Waals surface area contributed by atoms with E-state index in [1.54, 1.807) is 29.2 Å². The molecule has 5 heterocycles. The van der Waals surface area contributed by atoms with Crippen LogP contribution in [0.3, 0.4) is 0 Å². The summed E-state index contributed by atoms with van der Waals surface area (Å²) in [6.45, 7) is 0. The molecule has 12 heteroatoms. The maximum atomic E-state index is 15.5. The summed E-state index contributed by atoms with van der Waals surface area (Å²) in [6.07, 6.45) is 8.31. The SMILES string of the molecule is C[n+]1cc(-c2ccc3nnc(C(F)(F)c4ccc5nc(NC(=O)C6CC6)cn5n4)n3c2)c[nH]1. The van der Waals surface area contributed by atoms with Gasteiger partial charge in [-0.05, 0) is 37.1 Å². The lowest BCUT2D eigenvalue weighted by atomic mass is 10.1. The number of aromatic amines is 1. The molecule has 0 saturated heterocycles. The number of alkyl halides is 2. The van der Waals surface area contributed by atoms with Crippen LogP contribution in [0.5, 0.6) is 0 Å². The molecule has 0 aliphatic heterocycles. The number of aryl methyl sites for hydroxylation is 1. The van der Waals surface area contributed by atoms with Gasteiger partial charge in [0.2, 0.25) is 17.9 Å². The minimum absolute atomic E-state index is 0.00237. The van der Waals surface area contributed by atoms with E-state index in [0.29, 0.717) is 11.3 Å². The van der Waals surface area contributed by atoms with Gasteiger partial charge in [0.15, 0.2) is 24.2 Å². The Morgan fingerprint density at radius 1 is 1.15 bits per heavy atom. The van der Waals surface area contributed by atoms with Crippen molar-refractivity contribution in [3.8, 4) is 11.1 Å². The second-order valence-corrected chi connectivity index (χ2v) is 8.12. The third-order valence-electron chi connectivity index (χ3n) is 5.61. The Kier molecular flexibility index (Phi) is 4.06. The molecule has 0 bridgehead atoms. The lowest BCUT2D eigenvalue weighted by molar-refractivity contribution is -0.726. The topological polar surface area (TPSA) is 109 Å². The third kappa shape index (κ3) is 3.30. The van der Waals surface area contributed by atoms with Gasteiger partial charge < -0.3 is 5.32 Å². The first-order valence-electron chi connectivity index (χ1n) is 10.3. The maximum absolute atomic E-state index is 15.5. The highest BCUT2D eigenvalue weighted by atomic mass is 19.3. The minimum Gasteiger partial charge on any atom is -0.309 e. The van der Waals surface area contributed by atoms with E-state index in [-0.39, 0.29) is 17.6 Å². The zero-order valence-corrected chi connectivity index (χ0v) is 17.4. The molecule has 1 saturated carbocycles. The van der Waals surface area contributed by atoms with Gasteiger partial charge in [0.1, 0.15) is 5.69 Å². The number of imidazole rings is 1. The largest absolute Gasteiger partial charge is 0.350 e. The Hall–Kier alpha value is -4.22. The number of halogens is 2.